The molecule has 0 aromatic carbocycles. The molecule has 17 heavy (non-hydrogen) atoms. The van der Waals surface area contributed by atoms with E-state index in [0.29, 0.717) is 12.8 Å². The Balaban J connectivity index is 2.54. The Labute approximate surface area is 100 Å². The highest BCUT2D eigenvalue weighted by Crippen LogP contribution is 2.16. The van der Waals surface area contributed by atoms with Crippen LogP contribution in [0.5, 0.6) is 0 Å². The van der Waals surface area contributed by atoms with E-state index >= 15 is 0 Å². The van der Waals surface area contributed by atoms with Crippen molar-refractivity contribution >= 4 is 11.9 Å². The summed E-state index contributed by atoms with van der Waals surface area (Å²) < 4.78 is 0. The van der Waals surface area contributed by atoms with Gasteiger partial charge in [0.1, 0.15) is 0 Å². The molecular formula is C11H20N2O4. The van der Waals surface area contributed by atoms with Crippen LogP contribution in [-0.2, 0) is 9.59 Å². The van der Waals surface area contributed by atoms with E-state index in [0.717, 1.165) is 6.54 Å². The Bertz CT molecular complexity index is 293. The minimum Gasteiger partial charge on any atom is -0.480 e. The molecule has 1 heterocycles. The predicted molar refractivity (Wildman–Crippen MR) is 61.4 cm³/mol. The van der Waals surface area contributed by atoms with Crippen LogP contribution in [0.2, 0.25) is 0 Å². The van der Waals surface area contributed by atoms with E-state index in [4.69, 9.17) is 5.11 Å². The van der Waals surface area contributed by atoms with Gasteiger partial charge in [-0.05, 0) is 33.2 Å². The van der Waals surface area contributed by atoms with Gasteiger partial charge in [-0.15, -0.1) is 0 Å². The molecule has 1 saturated heterocycles. The average molecular weight is 244 g/mol. The summed E-state index contributed by atoms with van der Waals surface area (Å²) in [6.45, 7) is 4.10. The lowest BCUT2D eigenvalue weighted by atomic mass is 9.92. The molecule has 0 bridgehead atoms. The third-order valence-corrected chi connectivity index (χ3v) is 3.04. The molecule has 0 radical (unpaired) electrons. The topological polar surface area (TPSA) is 98.7 Å². The number of carboxylic acid groups (broad SMARTS) is 1. The van der Waals surface area contributed by atoms with E-state index in [-0.39, 0.29) is 17.9 Å². The zero-order valence-corrected chi connectivity index (χ0v) is 10.1. The lowest BCUT2D eigenvalue weighted by Gasteiger charge is -2.28. The van der Waals surface area contributed by atoms with E-state index in [9.17, 15) is 14.7 Å². The average Bonchev–Trinajstić information content (AvgIpc) is 2.24. The van der Waals surface area contributed by atoms with Crippen LogP contribution in [0.15, 0.2) is 0 Å². The Morgan fingerprint density at radius 3 is 2.59 bits per heavy atom. The molecular weight excluding hydrogens is 224 g/mol. The molecule has 6 heteroatoms. The molecule has 6 nitrogen and oxygen atoms in total. The van der Waals surface area contributed by atoms with Gasteiger partial charge in [-0.25, -0.2) is 4.79 Å². The van der Waals surface area contributed by atoms with Gasteiger partial charge in [-0.3, -0.25) is 4.79 Å². The molecule has 98 valence electrons. The van der Waals surface area contributed by atoms with Gasteiger partial charge in [0, 0.05) is 12.0 Å². The van der Waals surface area contributed by atoms with Crippen molar-refractivity contribution < 1.29 is 19.8 Å². The van der Waals surface area contributed by atoms with Crippen molar-refractivity contribution in [2.75, 3.05) is 6.54 Å². The Morgan fingerprint density at radius 2 is 2.12 bits per heavy atom. The van der Waals surface area contributed by atoms with Gasteiger partial charge in [-0.1, -0.05) is 0 Å². The molecule has 0 aliphatic carbocycles. The van der Waals surface area contributed by atoms with Crippen molar-refractivity contribution in [2.24, 2.45) is 5.92 Å². The van der Waals surface area contributed by atoms with Crippen molar-refractivity contribution in [3.8, 4) is 0 Å². The number of hydrogen-bond acceptors (Lipinski definition) is 4. The van der Waals surface area contributed by atoms with Gasteiger partial charge >= 0.3 is 5.97 Å². The molecule has 1 fully saturated rings. The summed E-state index contributed by atoms with van der Waals surface area (Å²) in [7, 11) is 0. The van der Waals surface area contributed by atoms with Gasteiger partial charge in [-0.2, -0.15) is 0 Å². The standard InChI is InChI=1S/C11H20N2O4/c1-6-5-8(3-4-12-6)10(15)13-9(7(2)14)11(16)17/h6-9,12,14H,3-5H2,1-2H3,(H,13,15)(H,16,17). The van der Waals surface area contributed by atoms with Gasteiger partial charge in [0.15, 0.2) is 6.04 Å². The van der Waals surface area contributed by atoms with Gasteiger partial charge in [0.2, 0.25) is 5.91 Å². The van der Waals surface area contributed by atoms with Crippen LogP contribution in [0.1, 0.15) is 26.7 Å². The maximum atomic E-state index is 11.8. The second kappa shape index (κ2) is 5.97. The molecule has 4 atom stereocenters. The van der Waals surface area contributed by atoms with Crippen molar-refractivity contribution in [1.29, 1.82) is 0 Å². The maximum absolute atomic E-state index is 11.8. The molecule has 0 saturated carbocycles. The van der Waals surface area contributed by atoms with Gasteiger partial charge in [0.25, 0.3) is 0 Å². The number of piperidine rings is 1. The summed E-state index contributed by atoms with van der Waals surface area (Å²) in [5.74, 6) is -1.67. The highest BCUT2D eigenvalue weighted by Gasteiger charge is 2.30. The van der Waals surface area contributed by atoms with E-state index in [2.05, 4.69) is 10.6 Å². The van der Waals surface area contributed by atoms with E-state index < -0.39 is 18.1 Å². The van der Waals surface area contributed by atoms with E-state index in [1.54, 1.807) is 0 Å². The number of hydrogen-bond donors (Lipinski definition) is 4. The summed E-state index contributed by atoms with van der Waals surface area (Å²) in [6, 6.07) is -0.970. The Hall–Kier alpha value is -1.14. The maximum Gasteiger partial charge on any atom is 0.328 e. The Kier molecular flexibility index (Phi) is 4.89. The first kappa shape index (κ1) is 13.9. The summed E-state index contributed by atoms with van der Waals surface area (Å²) in [4.78, 5) is 22.7. The van der Waals surface area contributed by atoms with Crippen molar-refractivity contribution in [3.05, 3.63) is 0 Å². The molecule has 1 aliphatic heterocycles. The highest BCUT2D eigenvalue weighted by molar-refractivity contribution is 5.85. The molecule has 0 aromatic heterocycles. The summed E-state index contributed by atoms with van der Waals surface area (Å²) in [6.07, 6.45) is 0.288. The fraction of sp³-hybridized carbons (Fsp3) is 0.818. The number of nitrogens with one attached hydrogen (secondary N) is 2. The lowest BCUT2D eigenvalue weighted by molar-refractivity contribution is -0.145. The molecule has 0 spiro atoms. The second-order valence-corrected chi connectivity index (χ2v) is 4.64. The minimum atomic E-state index is -1.23. The first-order valence-electron chi connectivity index (χ1n) is 5.86. The van der Waals surface area contributed by atoms with Crippen LogP contribution in [0.4, 0.5) is 0 Å². The number of aliphatic hydroxyl groups is 1. The summed E-state index contributed by atoms with van der Waals surface area (Å²) >= 11 is 0. The van der Waals surface area contributed by atoms with Crippen LogP contribution in [-0.4, -0.2) is 46.8 Å². The quantitative estimate of drug-likeness (QED) is 0.525. The SMILES string of the molecule is CC1CC(C(=O)NC(C(=O)O)C(C)O)CCN1. The molecule has 1 aliphatic rings. The van der Waals surface area contributed by atoms with Crippen LogP contribution in [0.3, 0.4) is 0 Å². The third-order valence-electron chi connectivity index (χ3n) is 3.04. The Morgan fingerprint density at radius 1 is 1.47 bits per heavy atom. The number of aliphatic carboxylic acids is 1. The molecule has 4 N–H and O–H groups in total. The number of carbonyl (C=O) groups is 2. The van der Waals surface area contributed by atoms with E-state index in [1.807, 2.05) is 6.92 Å². The lowest BCUT2D eigenvalue weighted by Crippen LogP contribution is -2.51. The van der Waals surface area contributed by atoms with Crippen LogP contribution >= 0.6 is 0 Å². The first-order valence-corrected chi connectivity index (χ1v) is 5.86. The fourth-order valence-corrected chi connectivity index (χ4v) is 2.03. The van der Waals surface area contributed by atoms with Crippen molar-refractivity contribution in [1.82, 2.24) is 10.6 Å². The van der Waals surface area contributed by atoms with Gasteiger partial charge < -0.3 is 20.8 Å². The predicted octanol–water partition coefficient (Wildman–Crippen LogP) is -0.675. The monoisotopic (exact) mass is 244 g/mol. The third kappa shape index (κ3) is 3.98. The van der Waals surface area contributed by atoms with Crippen LogP contribution in [0, 0.1) is 5.92 Å². The number of carbonyl (C=O) groups excluding carboxylic acids is 1. The smallest absolute Gasteiger partial charge is 0.328 e. The fourth-order valence-electron chi connectivity index (χ4n) is 2.03. The molecule has 4 unspecified atom stereocenters. The summed E-state index contributed by atoms with van der Waals surface area (Å²) in [5.41, 5.74) is 0. The largest absolute Gasteiger partial charge is 0.480 e. The van der Waals surface area contributed by atoms with Crippen molar-refractivity contribution in [3.63, 3.8) is 0 Å². The first-order chi connectivity index (χ1) is 7.91. The normalized spacial score (nSPS) is 28.2. The molecule has 1 amide bonds. The van der Waals surface area contributed by atoms with Crippen LogP contribution < -0.4 is 10.6 Å². The van der Waals surface area contributed by atoms with E-state index in [1.165, 1.54) is 6.92 Å². The second-order valence-electron chi connectivity index (χ2n) is 4.64. The van der Waals surface area contributed by atoms with Gasteiger partial charge in [0.05, 0.1) is 6.10 Å². The molecule has 0 aromatic rings. The minimum absolute atomic E-state index is 0.174. The van der Waals surface area contributed by atoms with Crippen LogP contribution in [0.25, 0.3) is 0 Å². The zero-order chi connectivity index (χ0) is 13.0. The molecule has 1 rings (SSSR count). The van der Waals surface area contributed by atoms with Crippen molar-refractivity contribution in [2.45, 2.75) is 44.9 Å². The highest BCUT2D eigenvalue weighted by atomic mass is 16.4. The zero-order valence-electron chi connectivity index (χ0n) is 10.1. The number of aliphatic hydroxyl groups excluding tert-OH is 1. The number of carboxylic acids is 1. The number of amides is 1. The summed E-state index contributed by atoms with van der Waals surface area (Å²) in [5, 5.41) is 23.7. The number of rotatable bonds is 4.